The standard InChI is InChI=1S/C17H18ClF3N4O/c18-12-3-6-14-11(7-12)8-22-9-15-23-24-16(25(14)15)10-1-4-13(5-2-10)26-17(19,20)21/h3,6-7,10,13,22H,1-2,4-5,8-9H2/t10-,13-. The molecule has 1 N–H and O–H groups in total. The van der Waals surface area contributed by atoms with Gasteiger partial charge in [0.05, 0.1) is 18.3 Å². The number of nitrogens with one attached hydrogen (secondary N) is 1. The molecule has 0 radical (unpaired) electrons. The zero-order valence-electron chi connectivity index (χ0n) is 13.9. The van der Waals surface area contributed by atoms with Gasteiger partial charge in [-0.25, -0.2) is 0 Å². The van der Waals surface area contributed by atoms with Gasteiger partial charge >= 0.3 is 6.36 Å². The van der Waals surface area contributed by atoms with Gasteiger partial charge in [-0.15, -0.1) is 23.4 Å². The molecule has 4 rings (SSSR count). The van der Waals surface area contributed by atoms with E-state index in [1.807, 2.05) is 22.8 Å². The maximum absolute atomic E-state index is 12.4. The third kappa shape index (κ3) is 3.58. The van der Waals surface area contributed by atoms with Gasteiger partial charge in [0.25, 0.3) is 0 Å². The lowest BCUT2D eigenvalue weighted by Crippen LogP contribution is -2.28. The lowest BCUT2D eigenvalue weighted by molar-refractivity contribution is -0.345. The van der Waals surface area contributed by atoms with Crippen LogP contribution in [0.25, 0.3) is 5.69 Å². The summed E-state index contributed by atoms with van der Waals surface area (Å²) in [6.07, 6.45) is -3.45. The fraction of sp³-hybridized carbons (Fsp3) is 0.529. The average Bonchev–Trinajstić information content (AvgIpc) is 2.90. The number of hydrogen-bond donors (Lipinski definition) is 1. The van der Waals surface area contributed by atoms with Gasteiger partial charge in [0.1, 0.15) is 5.82 Å². The first-order valence-corrected chi connectivity index (χ1v) is 8.97. The van der Waals surface area contributed by atoms with E-state index < -0.39 is 12.5 Å². The molecule has 140 valence electrons. The van der Waals surface area contributed by atoms with Gasteiger partial charge in [-0.05, 0) is 49.4 Å². The van der Waals surface area contributed by atoms with Crippen LogP contribution >= 0.6 is 11.6 Å². The highest BCUT2D eigenvalue weighted by molar-refractivity contribution is 6.30. The smallest absolute Gasteiger partial charge is 0.306 e. The molecule has 2 aliphatic rings. The van der Waals surface area contributed by atoms with Crippen LogP contribution in [0.1, 0.15) is 48.8 Å². The number of halogens is 4. The molecule has 1 aromatic carbocycles. The second-order valence-electron chi connectivity index (χ2n) is 6.72. The third-order valence-corrected chi connectivity index (χ3v) is 5.21. The van der Waals surface area contributed by atoms with E-state index in [1.54, 1.807) is 0 Å². The fourth-order valence-corrected chi connectivity index (χ4v) is 4.02. The number of alkyl halides is 3. The number of benzene rings is 1. The Morgan fingerprint density at radius 2 is 1.88 bits per heavy atom. The number of fused-ring (bicyclic) bond motifs is 3. The maximum Gasteiger partial charge on any atom is 0.522 e. The first-order chi connectivity index (χ1) is 12.4. The second-order valence-corrected chi connectivity index (χ2v) is 7.16. The van der Waals surface area contributed by atoms with Crippen LogP contribution in [0.4, 0.5) is 13.2 Å². The van der Waals surface area contributed by atoms with Gasteiger partial charge in [0.15, 0.2) is 5.82 Å². The molecule has 1 saturated carbocycles. The largest absolute Gasteiger partial charge is 0.522 e. The molecule has 1 aliphatic heterocycles. The van der Waals surface area contributed by atoms with Crippen molar-refractivity contribution >= 4 is 11.6 Å². The van der Waals surface area contributed by atoms with Crippen molar-refractivity contribution < 1.29 is 17.9 Å². The highest BCUT2D eigenvalue weighted by atomic mass is 35.5. The second kappa shape index (κ2) is 6.83. The number of rotatable bonds is 2. The highest BCUT2D eigenvalue weighted by Gasteiger charge is 2.36. The fourth-order valence-electron chi connectivity index (χ4n) is 3.82. The highest BCUT2D eigenvalue weighted by Crippen LogP contribution is 2.37. The average molecular weight is 387 g/mol. The molecule has 2 heterocycles. The Morgan fingerprint density at radius 3 is 2.62 bits per heavy atom. The van der Waals surface area contributed by atoms with Crippen molar-refractivity contribution in [2.75, 3.05) is 0 Å². The summed E-state index contributed by atoms with van der Waals surface area (Å²) in [7, 11) is 0. The van der Waals surface area contributed by atoms with E-state index in [2.05, 4.69) is 20.3 Å². The van der Waals surface area contributed by atoms with Crippen molar-refractivity contribution in [2.45, 2.75) is 57.2 Å². The lowest BCUT2D eigenvalue weighted by atomic mass is 9.86. The van der Waals surface area contributed by atoms with Crippen LogP contribution in [0.2, 0.25) is 5.02 Å². The molecule has 0 saturated heterocycles. The molecule has 1 fully saturated rings. The van der Waals surface area contributed by atoms with Gasteiger partial charge in [-0.3, -0.25) is 9.30 Å². The van der Waals surface area contributed by atoms with E-state index in [9.17, 15) is 13.2 Å². The van der Waals surface area contributed by atoms with Crippen LogP contribution in [-0.2, 0) is 17.8 Å². The van der Waals surface area contributed by atoms with Crippen molar-refractivity contribution in [3.8, 4) is 5.69 Å². The number of hydrogen-bond acceptors (Lipinski definition) is 4. The third-order valence-electron chi connectivity index (χ3n) is 4.98. The monoisotopic (exact) mass is 386 g/mol. The van der Waals surface area contributed by atoms with Crippen LogP contribution in [0, 0.1) is 0 Å². The molecule has 0 spiro atoms. The molecule has 0 unspecified atom stereocenters. The van der Waals surface area contributed by atoms with Crippen molar-refractivity contribution in [2.24, 2.45) is 0 Å². The van der Waals surface area contributed by atoms with E-state index in [0.717, 1.165) is 22.9 Å². The van der Waals surface area contributed by atoms with Crippen LogP contribution in [0.15, 0.2) is 18.2 Å². The molecule has 5 nitrogen and oxygen atoms in total. The van der Waals surface area contributed by atoms with Gasteiger partial charge in [0, 0.05) is 17.5 Å². The summed E-state index contributed by atoms with van der Waals surface area (Å²) in [6.45, 7) is 1.25. The van der Waals surface area contributed by atoms with Gasteiger partial charge < -0.3 is 5.32 Å². The molecule has 9 heteroatoms. The summed E-state index contributed by atoms with van der Waals surface area (Å²) < 4.78 is 43.4. The number of ether oxygens (including phenoxy) is 1. The van der Waals surface area contributed by atoms with Crippen LogP contribution in [0.3, 0.4) is 0 Å². The van der Waals surface area contributed by atoms with Gasteiger partial charge in [0.2, 0.25) is 0 Å². The summed E-state index contributed by atoms with van der Waals surface area (Å²) in [6, 6.07) is 5.68. The molecule has 1 aliphatic carbocycles. The van der Waals surface area contributed by atoms with E-state index in [0.29, 0.717) is 43.8 Å². The molecule has 0 bridgehead atoms. The van der Waals surface area contributed by atoms with E-state index in [1.165, 1.54) is 0 Å². The molecule has 2 aromatic rings. The van der Waals surface area contributed by atoms with Crippen molar-refractivity contribution in [3.05, 3.63) is 40.4 Å². The quantitative estimate of drug-likeness (QED) is 0.844. The summed E-state index contributed by atoms with van der Waals surface area (Å²) in [5.74, 6) is 1.67. The Kier molecular flexibility index (Phi) is 4.66. The van der Waals surface area contributed by atoms with Crippen molar-refractivity contribution in [1.82, 2.24) is 20.1 Å². The Labute approximate surface area is 153 Å². The number of aromatic nitrogens is 3. The topological polar surface area (TPSA) is 52.0 Å². The van der Waals surface area contributed by atoms with Gasteiger partial charge in [-0.2, -0.15) is 0 Å². The minimum absolute atomic E-state index is 0.0611. The van der Waals surface area contributed by atoms with Crippen LogP contribution < -0.4 is 5.32 Å². The summed E-state index contributed by atoms with van der Waals surface area (Å²) in [4.78, 5) is 0. The molecular weight excluding hydrogens is 369 g/mol. The minimum atomic E-state index is -4.58. The normalized spacial score (nSPS) is 23.2. The first-order valence-electron chi connectivity index (χ1n) is 8.59. The lowest BCUT2D eigenvalue weighted by Gasteiger charge is -2.28. The van der Waals surface area contributed by atoms with Crippen molar-refractivity contribution in [1.29, 1.82) is 0 Å². The van der Waals surface area contributed by atoms with E-state index in [4.69, 9.17) is 11.6 Å². The Morgan fingerprint density at radius 1 is 1.12 bits per heavy atom. The summed E-state index contributed by atoms with van der Waals surface area (Å²) >= 11 is 6.11. The summed E-state index contributed by atoms with van der Waals surface area (Å²) in [5.41, 5.74) is 2.02. The maximum atomic E-state index is 12.4. The summed E-state index contributed by atoms with van der Waals surface area (Å²) in [5, 5.41) is 12.6. The Balaban J connectivity index is 1.59. The predicted octanol–water partition coefficient (Wildman–Crippen LogP) is 4.09. The molecule has 0 atom stereocenters. The van der Waals surface area contributed by atoms with Crippen LogP contribution in [-0.4, -0.2) is 27.2 Å². The Bertz CT molecular complexity index is 800. The van der Waals surface area contributed by atoms with Gasteiger partial charge in [-0.1, -0.05) is 11.6 Å². The predicted molar refractivity (Wildman–Crippen MR) is 89.0 cm³/mol. The Hall–Kier alpha value is -1.64. The zero-order chi connectivity index (χ0) is 18.3. The zero-order valence-corrected chi connectivity index (χ0v) is 14.6. The van der Waals surface area contributed by atoms with E-state index >= 15 is 0 Å². The SMILES string of the molecule is FC(F)(F)O[C@H]1CC[C@H](c2nnc3n2-c2ccc(Cl)cc2CNC3)CC1. The number of nitrogens with zero attached hydrogens (tertiary/aromatic N) is 3. The molecule has 0 amide bonds. The van der Waals surface area contributed by atoms with Crippen molar-refractivity contribution in [3.63, 3.8) is 0 Å². The molecule has 26 heavy (non-hydrogen) atoms. The first kappa shape index (κ1) is 17.8. The molecular formula is C17H18ClF3N4O. The van der Waals surface area contributed by atoms with Crippen LogP contribution in [0.5, 0.6) is 0 Å². The van der Waals surface area contributed by atoms with E-state index in [-0.39, 0.29) is 5.92 Å². The minimum Gasteiger partial charge on any atom is -0.306 e. The molecule has 1 aromatic heterocycles.